The lowest BCUT2D eigenvalue weighted by Crippen LogP contribution is -2.41. The number of pyridine rings is 1. The molecular weight excluding hydrogens is 346 g/mol. The number of rotatable bonds is 5. The summed E-state index contributed by atoms with van der Waals surface area (Å²) in [5, 5.41) is 12.2. The van der Waals surface area contributed by atoms with E-state index in [9.17, 15) is 4.79 Å². The van der Waals surface area contributed by atoms with E-state index in [1.807, 2.05) is 6.07 Å². The fourth-order valence-corrected chi connectivity index (χ4v) is 3.34. The Labute approximate surface area is 131 Å². The molecule has 2 rings (SSSR count). The number of aliphatic carboxylic acids is 1. The van der Waals surface area contributed by atoms with Crippen molar-refractivity contribution in [3.8, 4) is 0 Å². The molecule has 1 aliphatic heterocycles. The van der Waals surface area contributed by atoms with E-state index < -0.39 is 5.97 Å². The standard InChI is InChI=1S/C13H17BrClN3O2/c14-11-4-10(15)6-17-13(11)18-3-1-2-9(8-18)5-16-7-12(19)20/h4,6,9,16H,1-3,5,7-8H2,(H,19,20). The molecule has 0 spiro atoms. The van der Waals surface area contributed by atoms with Crippen LogP contribution in [-0.2, 0) is 4.79 Å². The van der Waals surface area contributed by atoms with Gasteiger partial charge in [0, 0.05) is 25.8 Å². The van der Waals surface area contributed by atoms with Gasteiger partial charge in [-0.3, -0.25) is 4.79 Å². The van der Waals surface area contributed by atoms with Gasteiger partial charge >= 0.3 is 5.97 Å². The van der Waals surface area contributed by atoms with Crippen molar-refractivity contribution in [2.24, 2.45) is 5.92 Å². The maximum Gasteiger partial charge on any atom is 0.317 e. The van der Waals surface area contributed by atoms with Crippen molar-refractivity contribution in [2.75, 3.05) is 31.1 Å². The van der Waals surface area contributed by atoms with Gasteiger partial charge in [-0.2, -0.15) is 0 Å². The van der Waals surface area contributed by atoms with Crippen molar-refractivity contribution < 1.29 is 9.90 Å². The molecule has 1 aromatic rings. The lowest BCUT2D eigenvalue weighted by molar-refractivity contribution is -0.136. The van der Waals surface area contributed by atoms with Crippen molar-refractivity contribution in [1.29, 1.82) is 0 Å². The van der Waals surface area contributed by atoms with E-state index in [1.165, 1.54) is 0 Å². The number of hydrogen-bond donors (Lipinski definition) is 2. The molecule has 1 atom stereocenters. The maximum atomic E-state index is 10.5. The van der Waals surface area contributed by atoms with E-state index in [4.69, 9.17) is 16.7 Å². The predicted octanol–water partition coefficient (Wildman–Crippen LogP) is 2.39. The van der Waals surface area contributed by atoms with Gasteiger partial charge in [-0.15, -0.1) is 0 Å². The summed E-state index contributed by atoms with van der Waals surface area (Å²) in [5.74, 6) is 0.518. The SMILES string of the molecule is O=C(O)CNCC1CCCN(c2ncc(Cl)cc2Br)C1. The maximum absolute atomic E-state index is 10.5. The zero-order valence-electron chi connectivity index (χ0n) is 11.0. The molecule has 0 radical (unpaired) electrons. The highest BCUT2D eigenvalue weighted by molar-refractivity contribution is 9.10. The summed E-state index contributed by atoms with van der Waals surface area (Å²) in [6.07, 6.45) is 3.83. The first kappa shape index (κ1) is 15.5. The van der Waals surface area contributed by atoms with Crippen LogP contribution >= 0.6 is 27.5 Å². The smallest absolute Gasteiger partial charge is 0.317 e. The zero-order chi connectivity index (χ0) is 14.5. The molecule has 2 heterocycles. The van der Waals surface area contributed by atoms with Crippen molar-refractivity contribution in [3.05, 3.63) is 21.8 Å². The number of aromatic nitrogens is 1. The van der Waals surface area contributed by atoms with Gasteiger partial charge in [-0.05, 0) is 40.8 Å². The number of nitrogens with one attached hydrogen (secondary N) is 1. The Morgan fingerprint density at radius 2 is 2.45 bits per heavy atom. The van der Waals surface area contributed by atoms with Crippen LogP contribution in [0.5, 0.6) is 0 Å². The number of carboxylic acids is 1. The van der Waals surface area contributed by atoms with Crippen molar-refractivity contribution in [2.45, 2.75) is 12.8 Å². The number of nitrogens with zero attached hydrogens (tertiary/aromatic N) is 2. The largest absolute Gasteiger partial charge is 0.480 e. The monoisotopic (exact) mass is 361 g/mol. The minimum Gasteiger partial charge on any atom is -0.480 e. The second-order valence-electron chi connectivity index (χ2n) is 4.94. The Bertz CT molecular complexity index is 487. The van der Waals surface area contributed by atoms with Crippen LogP contribution in [0.25, 0.3) is 0 Å². The Morgan fingerprint density at radius 1 is 1.65 bits per heavy atom. The van der Waals surface area contributed by atoms with Crippen molar-refractivity contribution >= 4 is 39.3 Å². The lowest BCUT2D eigenvalue weighted by Gasteiger charge is -2.34. The Balaban J connectivity index is 1.94. The highest BCUT2D eigenvalue weighted by Crippen LogP contribution is 2.29. The molecule has 1 aliphatic rings. The minimum absolute atomic E-state index is 0.0133. The van der Waals surface area contributed by atoms with Gasteiger partial charge < -0.3 is 15.3 Å². The number of hydrogen-bond acceptors (Lipinski definition) is 4. The molecule has 0 amide bonds. The molecule has 0 aliphatic carbocycles. The fourth-order valence-electron chi connectivity index (χ4n) is 2.45. The van der Waals surface area contributed by atoms with Crippen molar-refractivity contribution in [3.63, 3.8) is 0 Å². The van der Waals surface area contributed by atoms with Gasteiger partial charge in [0.1, 0.15) is 5.82 Å². The van der Waals surface area contributed by atoms with Crippen LogP contribution in [0.1, 0.15) is 12.8 Å². The van der Waals surface area contributed by atoms with Crippen LogP contribution in [0, 0.1) is 5.92 Å². The molecule has 110 valence electrons. The Hall–Kier alpha value is -0.850. The Morgan fingerprint density at radius 3 is 3.15 bits per heavy atom. The number of halogens is 2. The van der Waals surface area contributed by atoms with Crippen LogP contribution < -0.4 is 10.2 Å². The Kier molecular flexibility index (Phi) is 5.63. The molecular formula is C13H17BrClN3O2. The van der Waals surface area contributed by atoms with Gasteiger partial charge in [0.15, 0.2) is 0 Å². The average Bonchev–Trinajstić information content (AvgIpc) is 2.38. The van der Waals surface area contributed by atoms with Crippen LogP contribution in [-0.4, -0.2) is 42.2 Å². The summed E-state index contributed by atoms with van der Waals surface area (Å²) >= 11 is 9.40. The van der Waals surface area contributed by atoms with Crippen LogP contribution in [0.2, 0.25) is 5.02 Å². The first-order valence-corrected chi connectivity index (χ1v) is 7.72. The zero-order valence-corrected chi connectivity index (χ0v) is 13.3. The van der Waals surface area contributed by atoms with Crippen LogP contribution in [0.15, 0.2) is 16.7 Å². The summed E-state index contributed by atoms with van der Waals surface area (Å²) < 4.78 is 0.893. The number of piperidine rings is 1. The highest BCUT2D eigenvalue weighted by atomic mass is 79.9. The highest BCUT2D eigenvalue weighted by Gasteiger charge is 2.22. The second-order valence-corrected chi connectivity index (χ2v) is 6.23. The molecule has 1 fully saturated rings. The molecule has 7 heteroatoms. The lowest BCUT2D eigenvalue weighted by atomic mass is 9.98. The third kappa shape index (κ3) is 4.33. The van der Waals surface area contributed by atoms with Crippen LogP contribution in [0.3, 0.4) is 0 Å². The topological polar surface area (TPSA) is 65.5 Å². The van der Waals surface area contributed by atoms with Gasteiger partial charge in [0.25, 0.3) is 0 Å². The van der Waals surface area contributed by atoms with Crippen LogP contribution in [0.4, 0.5) is 5.82 Å². The molecule has 5 nitrogen and oxygen atoms in total. The molecule has 0 bridgehead atoms. The van der Waals surface area contributed by atoms with E-state index in [0.29, 0.717) is 17.5 Å². The molecule has 20 heavy (non-hydrogen) atoms. The van der Waals surface area contributed by atoms with E-state index in [0.717, 1.165) is 36.2 Å². The average molecular weight is 363 g/mol. The minimum atomic E-state index is -0.820. The second kappa shape index (κ2) is 7.24. The van der Waals surface area contributed by atoms with Gasteiger partial charge in [-0.1, -0.05) is 11.6 Å². The third-order valence-electron chi connectivity index (χ3n) is 3.32. The molecule has 1 aromatic heterocycles. The summed E-state index contributed by atoms with van der Waals surface area (Å²) in [7, 11) is 0. The molecule has 2 N–H and O–H groups in total. The first-order chi connectivity index (χ1) is 9.56. The summed E-state index contributed by atoms with van der Waals surface area (Å²) in [4.78, 5) is 17.1. The summed E-state index contributed by atoms with van der Waals surface area (Å²) in [5.41, 5.74) is 0. The number of anilines is 1. The summed E-state index contributed by atoms with van der Waals surface area (Å²) in [6, 6.07) is 1.84. The van der Waals surface area contributed by atoms with E-state index in [2.05, 4.69) is 31.1 Å². The number of carbonyl (C=O) groups is 1. The van der Waals surface area contributed by atoms with E-state index in [-0.39, 0.29) is 6.54 Å². The third-order valence-corrected chi connectivity index (χ3v) is 4.11. The summed E-state index contributed by atoms with van der Waals surface area (Å²) in [6.45, 7) is 2.57. The molecule has 1 unspecified atom stereocenters. The van der Waals surface area contributed by atoms with Gasteiger partial charge in [-0.25, -0.2) is 4.98 Å². The van der Waals surface area contributed by atoms with E-state index in [1.54, 1.807) is 6.20 Å². The molecule has 0 aromatic carbocycles. The fraction of sp³-hybridized carbons (Fsp3) is 0.538. The predicted molar refractivity (Wildman–Crippen MR) is 82.4 cm³/mol. The molecule has 1 saturated heterocycles. The quantitative estimate of drug-likeness (QED) is 0.842. The normalized spacial score (nSPS) is 19.1. The van der Waals surface area contributed by atoms with E-state index >= 15 is 0 Å². The number of carboxylic acid groups (broad SMARTS) is 1. The first-order valence-electron chi connectivity index (χ1n) is 6.54. The van der Waals surface area contributed by atoms with Gasteiger partial charge in [0.2, 0.25) is 0 Å². The molecule has 0 saturated carbocycles. The van der Waals surface area contributed by atoms with Crippen molar-refractivity contribution in [1.82, 2.24) is 10.3 Å². The van der Waals surface area contributed by atoms with Gasteiger partial charge in [0.05, 0.1) is 16.0 Å².